The van der Waals surface area contributed by atoms with Gasteiger partial charge in [-0.05, 0) is 31.7 Å². The molecule has 0 saturated heterocycles. The Morgan fingerprint density at radius 1 is 1.32 bits per heavy atom. The number of rotatable bonds is 2. The van der Waals surface area contributed by atoms with Gasteiger partial charge in [0.25, 0.3) is 0 Å². The van der Waals surface area contributed by atoms with Crippen molar-refractivity contribution in [1.29, 1.82) is 0 Å². The topological polar surface area (TPSA) is 94.0 Å². The molecule has 3 N–H and O–H groups in total. The first-order valence-electron chi connectivity index (χ1n) is 6.21. The lowest BCUT2D eigenvalue weighted by molar-refractivity contribution is 0.0698. The molecule has 98 valence electrons. The number of pyridine rings is 1. The van der Waals surface area contributed by atoms with Crippen LogP contribution in [0.1, 0.15) is 34.6 Å². The molecule has 0 radical (unpaired) electrons. The van der Waals surface area contributed by atoms with Crippen molar-refractivity contribution in [2.75, 3.05) is 5.73 Å². The molecule has 0 amide bonds. The number of anilines is 1. The van der Waals surface area contributed by atoms with Crippen molar-refractivity contribution in [3.8, 4) is 5.82 Å². The summed E-state index contributed by atoms with van der Waals surface area (Å²) in [6.45, 7) is 0. The van der Waals surface area contributed by atoms with Gasteiger partial charge in [-0.2, -0.15) is 0 Å². The maximum Gasteiger partial charge on any atom is 0.337 e. The lowest BCUT2D eigenvalue weighted by Gasteiger charge is -2.15. The van der Waals surface area contributed by atoms with E-state index in [0.29, 0.717) is 5.82 Å². The van der Waals surface area contributed by atoms with Crippen LogP contribution in [0.5, 0.6) is 0 Å². The summed E-state index contributed by atoms with van der Waals surface area (Å²) in [6.07, 6.45) is 7.28. The van der Waals surface area contributed by atoms with Crippen LogP contribution in [0.25, 0.3) is 5.82 Å². The molecule has 19 heavy (non-hydrogen) atoms. The molecule has 0 aromatic carbocycles. The van der Waals surface area contributed by atoms with E-state index in [-0.39, 0.29) is 11.3 Å². The highest BCUT2D eigenvalue weighted by molar-refractivity contribution is 5.95. The van der Waals surface area contributed by atoms with Crippen molar-refractivity contribution in [1.82, 2.24) is 14.5 Å². The minimum atomic E-state index is -1.05. The van der Waals surface area contributed by atoms with Crippen molar-refractivity contribution in [3.05, 3.63) is 35.5 Å². The molecule has 0 saturated carbocycles. The van der Waals surface area contributed by atoms with Crippen molar-refractivity contribution in [3.63, 3.8) is 0 Å². The van der Waals surface area contributed by atoms with E-state index in [0.717, 1.165) is 37.1 Å². The number of imidazole rings is 1. The number of aromatic carboxylic acids is 1. The smallest absolute Gasteiger partial charge is 0.337 e. The third-order valence-corrected chi connectivity index (χ3v) is 3.46. The van der Waals surface area contributed by atoms with Crippen LogP contribution in [0.2, 0.25) is 0 Å². The van der Waals surface area contributed by atoms with Crippen molar-refractivity contribution in [2.45, 2.75) is 25.7 Å². The summed E-state index contributed by atoms with van der Waals surface area (Å²) in [5.41, 5.74) is 8.32. The fourth-order valence-electron chi connectivity index (χ4n) is 2.49. The number of nitrogen functional groups attached to an aromatic ring is 1. The molecule has 2 aromatic heterocycles. The van der Waals surface area contributed by atoms with E-state index in [1.807, 2.05) is 4.57 Å². The second-order valence-electron chi connectivity index (χ2n) is 4.62. The number of carboxylic acids is 1. The highest BCUT2D eigenvalue weighted by atomic mass is 16.4. The summed E-state index contributed by atoms with van der Waals surface area (Å²) in [7, 11) is 0. The van der Waals surface area contributed by atoms with Gasteiger partial charge >= 0.3 is 5.97 Å². The third-order valence-electron chi connectivity index (χ3n) is 3.46. The normalized spacial score (nSPS) is 14.1. The Morgan fingerprint density at radius 3 is 2.89 bits per heavy atom. The Bertz CT molecular complexity index is 648. The van der Waals surface area contributed by atoms with Gasteiger partial charge in [-0.15, -0.1) is 0 Å². The van der Waals surface area contributed by atoms with E-state index in [1.54, 1.807) is 6.33 Å². The molecular weight excluding hydrogens is 244 g/mol. The highest BCUT2D eigenvalue weighted by Gasteiger charge is 2.20. The highest BCUT2D eigenvalue weighted by Crippen LogP contribution is 2.26. The molecule has 3 rings (SSSR count). The Kier molecular flexibility index (Phi) is 2.70. The molecule has 0 bridgehead atoms. The first-order valence-corrected chi connectivity index (χ1v) is 6.21. The van der Waals surface area contributed by atoms with Crippen LogP contribution in [-0.4, -0.2) is 25.6 Å². The number of nitrogens with two attached hydrogens (primary N) is 1. The predicted octanol–water partition coefficient (Wildman–Crippen LogP) is 1.43. The number of carboxylic acid groups (broad SMARTS) is 1. The van der Waals surface area contributed by atoms with Gasteiger partial charge in [0.15, 0.2) is 5.82 Å². The standard InChI is InChI=1S/C13H14N4O2/c14-11-8(13(18)19)5-6-15-12(11)17-7-16-9-3-1-2-4-10(9)17/h5-7H,1-4,14H2,(H,18,19). The Morgan fingerprint density at radius 2 is 2.11 bits per heavy atom. The van der Waals surface area contributed by atoms with E-state index >= 15 is 0 Å². The number of hydrogen-bond acceptors (Lipinski definition) is 4. The molecule has 0 spiro atoms. The summed E-state index contributed by atoms with van der Waals surface area (Å²) in [6, 6.07) is 1.41. The van der Waals surface area contributed by atoms with E-state index in [1.165, 1.54) is 12.3 Å². The number of nitrogens with zero attached hydrogens (tertiary/aromatic N) is 3. The molecule has 2 aromatic rings. The van der Waals surface area contributed by atoms with Crippen molar-refractivity contribution in [2.24, 2.45) is 0 Å². The fourth-order valence-corrected chi connectivity index (χ4v) is 2.49. The Hall–Kier alpha value is -2.37. The molecule has 0 atom stereocenters. The number of aromatic nitrogens is 3. The number of fused-ring (bicyclic) bond motifs is 1. The molecule has 0 unspecified atom stereocenters. The molecule has 6 nitrogen and oxygen atoms in total. The first kappa shape index (κ1) is 11.7. The van der Waals surface area contributed by atoms with Crippen LogP contribution >= 0.6 is 0 Å². The number of aryl methyl sites for hydroxylation is 1. The van der Waals surface area contributed by atoms with Crippen LogP contribution in [0, 0.1) is 0 Å². The molecule has 2 heterocycles. The summed E-state index contributed by atoms with van der Waals surface area (Å²) >= 11 is 0. The van der Waals surface area contributed by atoms with E-state index in [2.05, 4.69) is 9.97 Å². The van der Waals surface area contributed by atoms with Gasteiger partial charge in [0.05, 0.1) is 16.9 Å². The zero-order valence-electron chi connectivity index (χ0n) is 10.3. The van der Waals surface area contributed by atoms with Gasteiger partial charge in [0, 0.05) is 11.9 Å². The zero-order chi connectivity index (χ0) is 13.4. The maximum atomic E-state index is 11.1. The van der Waals surface area contributed by atoms with Crippen molar-refractivity contribution < 1.29 is 9.90 Å². The van der Waals surface area contributed by atoms with Crippen molar-refractivity contribution >= 4 is 11.7 Å². The number of hydrogen-bond donors (Lipinski definition) is 2. The molecule has 0 aliphatic heterocycles. The van der Waals surface area contributed by atoms with Gasteiger partial charge in [0.2, 0.25) is 0 Å². The van der Waals surface area contributed by atoms with Crippen LogP contribution in [0.3, 0.4) is 0 Å². The van der Waals surface area contributed by atoms with Gasteiger partial charge in [-0.25, -0.2) is 14.8 Å². The van der Waals surface area contributed by atoms with E-state index in [9.17, 15) is 4.79 Å². The monoisotopic (exact) mass is 258 g/mol. The van der Waals surface area contributed by atoms with Gasteiger partial charge in [-0.1, -0.05) is 0 Å². The number of carbonyl (C=O) groups is 1. The fraction of sp³-hybridized carbons (Fsp3) is 0.308. The molecule has 1 aliphatic carbocycles. The van der Waals surface area contributed by atoms with Crippen LogP contribution in [0.4, 0.5) is 5.69 Å². The van der Waals surface area contributed by atoms with Gasteiger partial charge in [-0.3, -0.25) is 4.57 Å². The minimum absolute atomic E-state index is 0.0725. The van der Waals surface area contributed by atoms with Gasteiger partial charge < -0.3 is 10.8 Å². The molecular formula is C13H14N4O2. The lowest BCUT2D eigenvalue weighted by Crippen LogP contribution is -2.12. The zero-order valence-corrected chi connectivity index (χ0v) is 10.3. The minimum Gasteiger partial charge on any atom is -0.478 e. The summed E-state index contributed by atoms with van der Waals surface area (Å²) in [5.74, 6) is -0.592. The van der Waals surface area contributed by atoms with Crippen LogP contribution in [0.15, 0.2) is 18.6 Å². The van der Waals surface area contributed by atoms with Crippen LogP contribution in [-0.2, 0) is 12.8 Å². The summed E-state index contributed by atoms with van der Waals surface area (Å²) in [5, 5.41) is 9.09. The summed E-state index contributed by atoms with van der Waals surface area (Å²) in [4.78, 5) is 19.7. The molecule has 6 heteroatoms. The largest absolute Gasteiger partial charge is 0.478 e. The second kappa shape index (κ2) is 4.38. The SMILES string of the molecule is Nc1c(C(=O)O)ccnc1-n1cnc2c1CCCC2. The first-order chi connectivity index (χ1) is 9.18. The average molecular weight is 258 g/mol. The third kappa shape index (κ3) is 1.85. The molecule has 1 aliphatic rings. The quantitative estimate of drug-likeness (QED) is 0.849. The lowest BCUT2D eigenvalue weighted by atomic mass is 10.0. The summed E-state index contributed by atoms with van der Waals surface area (Å²) < 4.78 is 1.82. The second-order valence-corrected chi connectivity index (χ2v) is 4.62. The van der Waals surface area contributed by atoms with E-state index in [4.69, 9.17) is 10.8 Å². The predicted molar refractivity (Wildman–Crippen MR) is 69.4 cm³/mol. The Balaban J connectivity index is 2.15. The molecule has 0 fully saturated rings. The average Bonchev–Trinajstić information content (AvgIpc) is 2.82. The maximum absolute atomic E-state index is 11.1. The van der Waals surface area contributed by atoms with E-state index < -0.39 is 5.97 Å². The van der Waals surface area contributed by atoms with Gasteiger partial charge in [0.1, 0.15) is 6.33 Å². The Labute approximate surface area is 109 Å². The van der Waals surface area contributed by atoms with Crippen LogP contribution < -0.4 is 5.73 Å².